The van der Waals surface area contributed by atoms with Crippen molar-refractivity contribution in [3.05, 3.63) is 34.3 Å². The average Bonchev–Trinajstić information content (AvgIpc) is 2.51. The molecule has 4 heteroatoms. The first kappa shape index (κ1) is 15.5. The topological polar surface area (TPSA) is 41.1 Å². The molecule has 0 radical (unpaired) electrons. The Balaban J connectivity index is 1.27. The minimum absolute atomic E-state index is 0.0244. The van der Waals surface area contributed by atoms with Crippen molar-refractivity contribution in [2.75, 3.05) is 6.54 Å². The number of rotatable bonds is 4. The highest BCUT2D eigenvalue weighted by atomic mass is 79.9. The molecule has 3 nitrogen and oxygen atoms in total. The van der Waals surface area contributed by atoms with Gasteiger partial charge in [0.1, 0.15) is 0 Å². The van der Waals surface area contributed by atoms with Crippen LogP contribution in [-0.2, 0) is 6.54 Å². The van der Waals surface area contributed by atoms with E-state index in [1.54, 1.807) is 0 Å². The Hall–Kier alpha value is -1.03. The van der Waals surface area contributed by atoms with E-state index >= 15 is 0 Å². The van der Waals surface area contributed by atoms with E-state index in [1.165, 1.54) is 38.5 Å². The second-order valence-electron chi connectivity index (χ2n) is 8.08. The summed E-state index contributed by atoms with van der Waals surface area (Å²) < 4.78 is 1.06. The molecule has 1 aromatic rings. The lowest BCUT2D eigenvalue weighted by Gasteiger charge is -2.56. The van der Waals surface area contributed by atoms with Gasteiger partial charge in [-0.15, -0.1) is 0 Å². The SMILES string of the molecule is O=C(NCc1ccc(Br)cc1)NCC12CC3CC(CC(C3)C1)C2. The van der Waals surface area contributed by atoms with Crippen molar-refractivity contribution in [2.45, 2.75) is 45.1 Å². The number of hydrogen-bond acceptors (Lipinski definition) is 1. The minimum Gasteiger partial charge on any atom is -0.338 e. The smallest absolute Gasteiger partial charge is 0.315 e. The molecule has 0 spiro atoms. The monoisotopic (exact) mass is 376 g/mol. The van der Waals surface area contributed by atoms with Gasteiger partial charge in [0.15, 0.2) is 0 Å². The molecule has 4 aliphatic carbocycles. The van der Waals surface area contributed by atoms with Crippen LogP contribution in [0.2, 0.25) is 0 Å². The summed E-state index contributed by atoms with van der Waals surface area (Å²) in [6.45, 7) is 1.45. The maximum Gasteiger partial charge on any atom is 0.315 e. The second-order valence-corrected chi connectivity index (χ2v) is 9.00. The van der Waals surface area contributed by atoms with Gasteiger partial charge in [0.2, 0.25) is 0 Å². The fourth-order valence-corrected chi connectivity index (χ4v) is 5.89. The molecule has 4 saturated carbocycles. The van der Waals surface area contributed by atoms with Crippen molar-refractivity contribution in [2.24, 2.45) is 23.2 Å². The van der Waals surface area contributed by atoms with Gasteiger partial charge >= 0.3 is 6.03 Å². The summed E-state index contributed by atoms with van der Waals surface area (Å²) in [5.74, 6) is 2.82. The van der Waals surface area contributed by atoms with Gasteiger partial charge in [0.25, 0.3) is 0 Å². The molecule has 2 amide bonds. The summed E-state index contributed by atoms with van der Waals surface area (Å²) in [5, 5.41) is 6.15. The minimum atomic E-state index is -0.0244. The van der Waals surface area contributed by atoms with Crippen LogP contribution >= 0.6 is 15.9 Å². The summed E-state index contributed by atoms with van der Waals surface area (Å²) in [6, 6.07) is 8.05. The maximum absolute atomic E-state index is 12.1. The number of carbonyl (C=O) groups is 1. The maximum atomic E-state index is 12.1. The Kier molecular flexibility index (Phi) is 4.12. The van der Waals surface area contributed by atoms with Crippen molar-refractivity contribution in [1.82, 2.24) is 10.6 Å². The number of hydrogen-bond donors (Lipinski definition) is 2. The molecular formula is C19H25BrN2O. The molecule has 0 aliphatic heterocycles. The van der Waals surface area contributed by atoms with Gasteiger partial charge in [-0.05, 0) is 79.4 Å². The molecular weight excluding hydrogens is 352 g/mol. The van der Waals surface area contributed by atoms with E-state index in [9.17, 15) is 4.79 Å². The van der Waals surface area contributed by atoms with Crippen LogP contribution in [-0.4, -0.2) is 12.6 Å². The highest BCUT2D eigenvalue weighted by Gasteiger charge is 2.50. The highest BCUT2D eigenvalue weighted by molar-refractivity contribution is 9.10. The molecule has 4 bridgehead atoms. The predicted octanol–water partition coefficient (Wildman–Crippen LogP) is 4.46. The highest BCUT2D eigenvalue weighted by Crippen LogP contribution is 2.59. The average molecular weight is 377 g/mol. The van der Waals surface area contributed by atoms with Crippen LogP contribution in [0.4, 0.5) is 4.79 Å². The van der Waals surface area contributed by atoms with Gasteiger partial charge < -0.3 is 10.6 Å². The van der Waals surface area contributed by atoms with Gasteiger partial charge in [-0.3, -0.25) is 0 Å². The number of halogens is 1. The van der Waals surface area contributed by atoms with Gasteiger partial charge in [0, 0.05) is 17.6 Å². The van der Waals surface area contributed by atoms with E-state index in [4.69, 9.17) is 0 Å². The summed E-state index contributed by atoms with van der Waals surface area (Å²) in [6.07, 6.45) is 8.38. The number of carbonyl (C=O) groups excluding carboxylic acids is 1. The zero-order valence-electron chi connectivity index (χ0n) is 13.5. The predicted molar refractivity (Wildman–Crippen MR) is 95.0 cm³/mol. The zero-order chi connectivity index (χ0) is 15.9. The van der Waals surface area contributed by atoms with Gasteiger partial charge in [-0.2, -0.15) is 0 Å². The third kappa shape index (κ3) is 3.42. The van der Waals surface area contributed by atoms with Crippen LogP contribution in [0.5, 0.6) is 0 Å². The van der Waals surface area contributed by atoms with E-state index in [1.807, 2.05) is 24.3 Å². The summed E-state index contributed by atoms with van der Waals surface area (Å²) in [5.41, 5.74) is 1.53. The first-order valence-corrected chi connectivity index (χ1v) is 9.66. The van der Waals surface area contributed by atoms with E-state index in [0.717, 1.165) is 34.3 Å². The van der Waals surface area contributed by atoms with Gasteiger partial charge in [0.05, 0.1) is 0 Å². The molecule has 4 fully saturated rings. The quantitative estimate of drug-likeness (QED) is 0.799. The molecule has 0 unspecified atom stereocenters. The van der Waals surface area contributed by atoms with Crippen LogP contribution in [0.3, 0.4) is 0 Å². The van der Waals surface area contributed by atoms with E-state index < -0.39 is 0 Å². The van der Waals surface area contributed by atoms with Gasteiger partial charge in [-0.1, -0.05) is 28.1 Å². The Morgan fingerprint density at radius 3 is 2.13 bits per heavy atom. The normalized spacial score (nSPS) is 34.4. The molecule has 0 atom stereocenters. The molecule has 4 aliphatic rings. The molecule has 0 saturated heterocycles. The number of benzene rings is 1. The van der Waals surface area contributed by atoms with Crippen molar-refractivity contribution in [3.8, 4) is 0 Å². The summed E-state index contributed by atoms with van der Waals surface area (Å²) in [7, 11) is 0. The Bertz CT molecular complexity index is 548. The summed E-state index contributed by atoms with van der Waals surface area (Å²) >= 11 is 3.43. The second kappa shape index (κ2) is 6.12. The fourth-order valence-electron chi connectivity index (χ4n) is 5.62. The number of urea groups is 1. The number of nitrogens with one attached hydrogen (secondary N) is 2. The lowest BCUT2D eigenvalue weighted by atomic mass is 9.49. The molecule has 0 heterocycles. The van der Waals surface area contributed by atoms with E-state index in [-0.39, 0.29) is 6.03 Å². The Morgan fingerprint density at radius 1 is 1.00 bits per heavy atom. The molecule has 124 valence electrons. The first-order chi connectivity index (χ1) is 11.1. The van der Waals surface area contributed by atoms with Crippen LogP contribution in [0.25, 0.3) is 0 Å². The Labute approximate surface area is 146 Å². The molecule has 0 aromatic heterocycles. The van der Waals surface area contributed by atoms with Crippen molar-refractivity contribution >= 4 is 22.0 Å². The van der Waals surface area contributed by atoms with Crippen LogP contribution in [0.1, 0.15) is 44.1 Å². The fraction of sp³-hybridized carbons (Fsp3) is 0.632. The molecule has 23 heavy (non-hydrogen) atoms. The summed E-state index contributed by atoms with van der Waals surface area (Å²) in [4.78, 5) is 12.1. The van der Waals surface area contributed by atoms with Gasteiger partial charge in [-0.25, -0.2) is 4.79 Å². The third-order valence-corrected chi connectivity index (χ3v) is 6.68. The largest absolute Gasteiger partial charge is 0.338 e. The van der Waals surface area contributed by atoms with E-state index in [0.29, 0.717) is 12.0 Å². The Morgan fingerprint density at radius 2 is 1.57 bits per heavy atom. The standard InChI is InChI=1S/C19H25BrN2O/c20-17-3-1-13(2-4-17)11-21-18(23)22-12-19-8-14-5-15(9-19)7-16(6-14)10-19/h1-4,14-16H,5-12H2,(H2,21,22,23). The lowest BCUT2D eigenvalue weighted by molar-refractivity contribution is -0.0498. The van der Waals surface area contributed by atoms with E-state index in [2.05, 4.69) is 26.6 Å². The van der Waals surface area contributed by atoms with Crippen LogP contribution in [0, 0.1) is 23.2 Å². The zero-order valence-corrected chi connectivity index (χ0v) is 15.1. The molecule has 2 N–H and O–H groups in total. The lowest BCUT2D eigenvalue weighted by Crippen LogP contribution is -2.52. The van der Waals surface area contributed by atoms with Crippen LogP contribution in [0.15, 0.2) is 28.7 Å². The molecule has 1 aromatic carbocycles. The third-order valence-electron chi connectivity index (χ3n) is 6.16. The van der Waals surface area contributed by atoms with Crippen molar-refractivity contribution in [3.63, 3.8) is 0 Å². The molecule has 5 rings (SSSR count). The van der Waals surface area contributed by atoms with Crippen LogP contribution < -0.4 is 10.6 Å². The van der Waals surface area contributed by atoms with Crippen molar-refractivity contribution < 1.29 is 4.79 Å². The first-order valence-electron chi connectivity index (χ1n) is 8.86. The van der Waals surface area contributed by atoms with Crippen molar-refractivity contribution in [1.29, 1.82) is 0 Å². The number of amides is 2.